The Morgan fingerprint density at radius 2 is 2.00 bits per heavy atom. The van der Waals surface area contributed by atoms with Gasteiger partial charge in [-0.3, -0.25) is 20.1 Å². The topological polar surface area (TPSA) is 68.9 Å². The van der Waals surface area contributed by atoms with Crippen molar-refractivity contribution in [1.82, 2.24) is 9.97 Å². The van der Waals surface area contributed by atoms with Gasteiger partial charge in [0, 0.05) is 18.5 Å². The first-order chi connectivity index (χ1) is 8.27. The Morgan fingerprint density at radius 1 is 1.18 bits per heavy atom. The molecule has 17 heavy (non-hydrogen) atoms. The molecule has 1 aromatic heterocycles. The summed E-state index contributed by atoms with van der Waals surface area (Å²) in [5.74, 6) is 0. The maximum Gasteiger partial charge on any atom is 0.276 e. The number of aromatic nitrogens is 2. The van der Waals surface area contributed by atoms with Crippen molar-refractivity contribution in [3.63, 3.8) is 0 Å². The highest BCUT2D eigenvalue weighted by Gasteiger charge is 2.08. The second-order valence-electron chi connectivity index (χ2n) is 3.28. The molecule has 0 N–H and O–H groups in total. The normalized spacial score (nSPS) is 10.6. The van der Waals surface area contributed by atoms with Crippen LogP contribution in [-0.2, 0) is 0 Å². The van der Waals surface area contributed by atoms with Gasteiger partial charge >= 0.3 is 0 Å². The molecule has 0 aliphatic rings. The highest BCUT2D eigenvalue weighted by molar-refractivity contribution is 5.72. The van der Waals surface area contributed by atoms with E-state index in [1.807, 2.05) is 0 Å². The standard InChI is InChI=1S/C12H9N3O2/c16-15(17)12-4-2-1-3-10(12)5-6-11-9-13-7-8-14-11/h1-9H. The van der Waals surface area contributed by atoms with Crippen LogP contribution in [0.3, 0.4) is 0 Å². The lowest BCUT2D eigenvalue weighted by atomic mass is 10.1. The van der Waals surface area contributed by atoms with Gasteiger partial charge < -0.3 is 0 Å². The minimum Gasteiger partial charge on any atom is -0.261 e. The van der Waals surface area contributed by atoms with Crippen molar-refractivity contribution in [2.24, 2.45) is 0 Å². The quantitative estimate of drug-likeness (QED) is 0.596. The van der Waals surface area contributed by atoms with E-state index in [-0.39, 0.29) is 5.69 Å². The van der Waals surface area contributed by atoms with Crippen LogP contribution in [0.15, 0.2) is 42.9 Å². The van der Waals surface area contributed by atoms with E-state index in [1.165, 1.54) is 6.07 Å². The summed E-state index contributed by atoms with van der Waals surface area (Å²) in [7, 11) is 0. The predicted octanol–water partition coefficient (Wildman–Crippen LogP) is 2.56. The third-order valence-corrected chi connectivity index (χ3v) is 2.15. The molecule has 0 bridgehead atoms. The maximum atomic E-state index is 10.8. The molecule has 0 amide bonds. The SMILES string of the molecule is O=[N+]([O-])c1ccccc1C=Cc1cnccn1. The van der Waals surface area contributed by atoms with Crippen molar-refractivity contribution in [2.75, 3.05) is 0 Å². The summed E-state index contributed by atoms with van der Waals surface area (Å²) < 4.78 is 0. The van der Waals surface area contributed by atoms with E-state index < -0.39 is 4.92 Å². The van der Waals surface area contributed by atoms with Crippen LogP contribution in [0.4, 0.5) is 5.69 Å². The van der Waals surface area contributed by atoms with E-state index in [2.05, 4.69) is 9.97 Å². The molecule has 0 unspecified atom stereocenters. The van der Waals surface area contributed by atoms with Crippen LogP contribution >= 0.6 is 0 Å². The minimum atomic E-state index is -0.406. The number of rotatable bonds is 3. The number of hydrogen-bond donors (Lipinski definition) is 0. The van der Waals surface area contributed by atoms with Crippen molar-refractivity contribution < 1.29 is 4.92 Å². The number of nitrogens with zero attached hydrogens (tertiary/aromatic N) is 3. The molecule has 0 saturated heterocycles. The summed E-state index contributed by atoms with van der Waals surface area (Å²) in [6.07, 6.45) is 8.07. The van der Waals surface area contributed by atoms with Crippen LogP contribution in [-0.4, -0.2) is 14.9 Å². The van der Waals surface area contributed by atoms with Crippen molar-refractivity contribution in [3.05, 3.63) is 64.2 Å². The minimum absolute atomic E-state index is 0.0765. The third-order valence-electron chi connectivity index (χ3n) is 2.15. The summed E-state index contributed by atoms with van der Waals surface area (Å²) >= 11 is 0. The molecule has 2 rings (SSSR count). The van der Waals surface area contributed by atoms with Crippen LogP contribution in [0.25, 0.3) is 12.2 Å². The fraction of sp³-hybridized carbons (Fsp3) is 0. The molecule has 0 aliphatic heterocycles. The van der Waals surface area contributed by atoms with Gasteiger partial charge in [-0.1, -0.05) is 12.1 Å². The molecule has 2 aromatic rings. The zero-order valence-electron chi connectivity index (χ0n) is 8.85. The van der Waals surface area contributed by atoms with Gasteiger partial charge in [0.15, 0.2) is 0 Å². The van der Waals surface area contributed by atoms with E-state index in [4.69, 9.17) is 0 Å². The lowest BCUT2D eigenvalue weighted by Gasteiger charge is -1.96. The Balaban J connectivity index is 2.30. The Morgan fingerprint density at radius 3 is 2.71 bits per heavy atom. The maximum absolute atomic E-state index is 10.8. The summed E-state index contributed by atoms with van der Waals surface area (Å²) in [4.78, 5) is 18.3. The van der Waals surface area contributed by atoms with Gasteiger partial charge in [-0.2, -0.15) is 0 Å². The smallest absolute Gasteiger partial charge is 0.261 e. The molecule has 0 saturated carbocycles. The Labute approximate surface area is 97.6 Å². The van der Waals surface area contributed by atoms with Crippen molar-refractivity contribution >= 4 is 17.8 Å². The summed E-state index contributed by atoms with van der Waals surface area (Å²) in [5, 5.41) is 10.8. The second-order valence-corrected chi connectivity index (χ2v) is 3.28. The second kappa shape index (κ2) is 4.98. The van der Waals surface area contributed by atoms with Gasteiger partial charge in [0.05, 0.1) is 22.4 Å². The van der Waals surface area contributed by atoms with E-state index in [1.54, 1.807) is 48.9 Å². The zero-order chi connectivity index (χ0) is 12.1. The van der Waals surface area contributed by atoms with Gasteiger partial charge in [0.25, 0.3) is 5.69 Å². The largest absolute Gasteiger partial charge is 0.276 e. The predicted molar refractivity (Wildman–Crippen MR) is 64.1 cm³/mol. The van der Waals surface area contributed by atoms with Crippen molar-refractivity contribution in [1.29, 1.82) is 0 Å². The van der Waals surface area contributed by atoms with E-state index in [0.717, 1.165) is 0 Å². The first-order valence-corrected chi connectivity index (χ1v) is 4.95. The van der Waals surface area contributed by atoms with Gasteiger partial charge in [-0.15, -0.1) is 0 Å². The number of nitro benzene ring substituents is 1. The lowest BCUT2D eigenvalue weighted by Crippen LogP contribution is -1.90. The molecule has 1 aromatic carbocycles. The van der Waals surface area contributed by atoms with E-state index in [9.17, 15) is 10.1 Å². The Kier molecular flexibility index (Phi) is 3.20. The highest BCUT2D eigenvalue weighted by Crippen LogP contribution is 2.19. The summed E-state index contributed by atoms with van der Waals surface area (Å²) in [5.41, 5.74) is 1.28. The molecule has 0 radical (unpaired) electrons. The summed E-state index contributed by atoms with van der Waals surface area (Å²) in [6.45, 7) is 0. The molecule has 0 fully saturated rings. The monoisotopic (exact) mass is 227 g/mol. The van der Waals surface area contributed by atoms with Crippen LogP contribution in [0, 0.1) is 10.1 Å². The number of hydrogen-bond acceptors (Lipinski definition) is 4. The first kappa shape index (κ1) is 10.9. The molecular formula is C12H9N3O2. The molecule has 1 heterocycles. The molecule has 5 nitrogen and oxygen atoms in total. The van der Waals surface area contributed by atoms with Crippen molar-refractivity contribution in [2.45, 2.75) is 0 Å². The number of nitro groups is 1. The van der Waals surface area contributed by atoms with Crippen LogP contribution in [0.5, 0.6) is 0 Å². The van der Waals surface area contributed by atoms with Gasteiger partial charge in [0.2, 0.25) is 0 Å². The molecule has 0 spiro atoms. The average Bonchev–Trinajstić information content (AvgIpc) is 2.38. The molecule has 84 valence electrons. The molecule has 0 atom stereocenters. The molecular weight excluding hydrogens is 218 g/mol. The average molecular weight is 227 g/mol. The van der Waals surface area contributed by atoms with Gasteiger partial charge in [0.1, 0.15) is 0 Å². The third kappa shape index (κ3) is 2.72. The van der Waals surface area contributed by atoms with Crippen LogP contribution < -0.4 is 0 Å². The highest BCUT2D eigenvalue weighted by atomic mass is 16.6. The fourth-order valence-corrected chi connectivity index (χ4v) is 1.37. The van der Waals surface area contributed by atoms with E-state index in [0.29, 0.717) is 11.3 Å². The first-order valence-electron chi connectivity index (χ1n) is 4.95. The molecule has 5 heteroatoms. The number of para-hydroxylation sites is 1. The zero-order valence-corrected chi connectivity index (χ0v) is 8.85. The Bertz CT molecular complexity index is 553. The van der Waals surface area contributed by atoms with Crippen LogP contribution in [0.1, 0.15) is 11.3 Å². The lowest BCUT2D eigenvalue weighted by molar-refractivity contribution is -0.385. The van der Waals surface area contributed by atoms with Gasteiger partial charge in [-0.25, -0.2) is 0 Å². The Hall–Kier alpha value is -2.56. The fourth-order valence-electron chi connectivity index (χ4n) is 1.37. The molecule has 0 aliphatic carbocycles. The van der Waals surface area contributed by atoms with E-state index >= 15 is 0 Å². The van der Waals surface area contributed by atoms with Crippen molar-refractivity contribution in [3.8, 4) is 0 Å². The van der Waals surface area contributed by atoms with Crippen LogP contribution in [0.2, 0.25) is 0 Å². The summed E-state index contributed by atoms with van der Waals surface area (Å²) in [6, 6.07) is 6.54. The number of benzene rings is 1. The van der Waals surface area contributed by atoms with Gasteiger partial charge in [-0.05, 0) is 18.2 Å².